The zero-order chi connectivity index (χ0) is 26.0. The summed E-state index contributed by atoms with van der Waals surface area (Å²) in [5.41, 5.74) is 5.74. The average Bonchev–Trinajstić information content (AvgIpc) is 3.23. The number of carbonyl (C=O) groups excluding carboxylic acids is 3. The predicted octanol–water partition coefficient (Wildman–Crippen LogP) is -2.44. The van der Waals surface area contributed by atoms with Gasteiger partial charge in [0.25, 0.3) is 0 Å². The van der Waals surface area contributed by atoms with Gasteiger partial charge in [-0.25, -0.2) is 4.79 Å². The summed E-state index contributed by atoms with van der Waals surface area (Å²) in [5, 5.41) is 39.8. The van der Waals surface area contributed by atoms with Gasteiger partial charge in [0.1, 0.15) is 18.1 Å². The third-order valence-electron chi connectivity index (χ3n) is 5.10. The van der Waals surface area contributed by atoms with Crippen LogP contribution in [0.5, 0.6) is 0 Å². The van der Waals surface area contributed by atoms with Gasteiger partial charge >= 0.3 is 23.9 Å². The van der Waals surface area contributed by atoms with Crippen LogP contribution >= 0.6 is 0 Å². The van der Waals surface area contributed by atoms with Crippen molar-refractivity contribution in [3.8, 4) is 0 Å². The van der Waals surface area contributed by atoms with Crippen LogP contribution in [-0.4, -0.2) is 97.6 Å². The smallest absolute Gasteiger partial charge is 0.326 e. The molecule has 0 bridgehead atoms. The molecule has 190 valence electrons. The molecule has 0 aromatic carbocycles. The Balaban J connectivity index is 2.93. The zero-order valence-corrected chi connectivity index (χ0v) is 18.1. The highest BCUT2D eigenvalue weighted by molar-refractivity contribution is 5.95. The van der Waals surface area contributed by atoms with Crippen molar-refractivity contribution in [2.75, 3.05) is 6.54 Å². The van der Waals surface area contributed by atoms with Gasteiger partial charge < -0.3 is 41.7 Å². The normalized spacial score (nSPS) is 17.8. The highest BCUT2D eigenvalue weighted by Crippen LogP contribution is 2.19. The second kappa shape index (κ2) is 13.1. The Hall–Kier alpha value is -3.75. The van der Waals surface area contributed by atoms with Crippen molar-refractivity contribution in [3.05, 3.63) is 0 Å². The van der Waals surface area contributed by atoms with Gasteiger partial charge in [0, 0.05) is 19.4 Å². The molecule has 3 amide bonds. The minimum atomic E-state index is -1.81. The number of carbonyl (C=O) groups is 7. The quantitative estimate of drug-likeness (QED) is 0.135. The van der Waals surface area contributed by atoms with E-state index in [0.29, 0.717) is 6.42 Å². The fourth-order valence-electron chi connectivity index (χ4n) is 3.37. The van der Waals surface area contributed by atoms with Gasteiger partial charge in [0.2, 0.25) is 17.7 Å². The van der Waals surface area contributed by atoms with E-state index in [2.05, 4.69) is 5.32 Å². The van der Waals surface area contributed by atoms with Gasteiger partial charge in [-0.1, -0.05) is 0 Å². The molecule has 4 unspecified atom stereocenters. The van der Waals surface area contributed by atoms with E-state index in [1.807, 2.05) is 5.32 Å². The molecule has 1 aliphatic rings. The largest absolute Gasteiger partial charge is 0.481 e. The Labute approximate surface area is 193 Å². The number of hydrogen-bond acceptors (Lipinski definition) is 8. The van der Waals surface area contributed by atoms with Crippen LogP contribution in [-0.2, 0) is 33.6 Å². The summed E-state index contributed by atoms with van der Waals surface area (Å²) in [6.45, 7) is 0.156. The average molecular weight is 488 g/mol. The van der Waals surface area contributed by atoms with Crippen molar-refractivity contribution < 1.29 is 54.0 Å². The van der Waals surface area contributed by atoms with Gasteiger partial charge in [0.05, 0.1) is 12.5 Å². The van der Waals surface area contributed by atoms with Gasteiger partial charge in [-0.15, -0.1) is 0 Å². The number of hydrogen-bond donors (Lipinski definition) is 7. The summed E-state index contributed by atoms with van der Waals surface area (Å²) in [6, 6.07) is -5.55. The second-order valence-electron chi connectivity index (χ2n) is 7.72. The van der Waals surface area contributed by atoms with Gasteiger partial charge in [-0.3, -0.25) is 28.8 Å². The molecule has 34 heavy (non-hydrogen) atoms. The van der Waals surface area contributed by atoms with E-state index in [1.54, 1.807) is 0 Å². The van der Waals surface area contributed by atoms with Gasteiger partial charge in [0.15, 0.2) is 0 Å². The summed E-state index contributed by atoms with van der Waals surface area (Å²) in [6.07, 6.45) is -1.82. The van der Waals surface area contributed by atoms with Crippen molar-refractivity contribution in [1.82, 2.24) is 15.5 Å². The Kier molecular flexibility index (Phi) is 10.9. The van der Waals surface area contributed by atoms with Crippen LogP contribution < -0.4 is 16.4 Å². The lowest BCUT2D eigenvalue weighted by Gasteiger charge is -2.28. The van der Waals surface area contributed by atoms with E-state index in [1.165, 1.54) is 0 Å². The van der Waals surface area contributed by atoms with E-state index in [0.717, 1.165) is 4.90 Å². The number of carboxylic acids is 4. The first-order valence-corrected chi connectivity index (χ1v) is 10.4. The molecule has 1 aliphatic heterocycles. The first kappa shape index (κ1) is 28.3. The summed E-state index contributed by atoms with van der Waals surface area (Å²) in [5.74, 6) is -8.15. The van der Waals surface area contributed by atoms with Crippen LogP contribution in [0.2, 0.25) is 0 Å². The molecule has 4 atom stereocenters. The lowest BCUT2D eigenvalue weighted by atomic mass is 10.1. The molecule has 8 N–H and O–H groups in total. The molecule has 0 aliphatic carbocycles. The maximum absolute atomic E-state index is 12.8. The van der Waals surface area contributed by atoms with Crippen LogP contribution in [0.4, 0.5) is 0 Å². The summed E-state index contributed by atoms with van der Waals surface area (Å²) >= 11 is 0. The Bertz CT molecular complexity index is 831. The number of nitrogens with two attached hydrogens (primary N) is 1. The second-order valence-corrected chi connectivity index (χ2v) is 7.72. The number of rotatable bonds is 14. The zero-order valence-electron chi connectivity index (χ0n) is 18.1. The predicted molar refractivity (Wildman–Crippen MR) is 110 cm³/mol. The van der Waals surface area contributed by atoms with Crippen LogP contribution in [0.3, 0.4) is 0 Å². The minimum absolute atomic E-state index is 0.150. The Morgan fingerprint density at radius 2 is 1.44 bits per heavy atom. The standard InChI is InChI=1S/C19H28N4O11/c20-9(3-5-13(24)25)18(32)23-7-1-2-12(23)17(31)21-10(4-6-14(26)27)16(30)22-11(19(33)34)8-15(28)29/h9-12H,1-8,20H2,(H,21,31)(H,22,30)(H,24,25)(H,26,27)(H,28,29)(H,33,34). The molecule has 0 aromatic heterocycles. The molecular formula is C19H28N4O11. The van der Waals surface area contributed by atoms with Crippen molar-refractivity contribution in [2.24, 2.45) is 5.73 Å². The Morgan fingerprint density at radius 1 is 0.853 bits per heavy atom. The van der Waals surface area contributed by atoms with Crippen molar-refractivity contribution >= 4 is 41.6 Å². The topological polar surface area (TPSA) is 254 Å². The third-order valence-corrected chi connectivity index (χ3v) is 5.10. The summed E-state index contributed by atoms with van der Waals surface area (Å²) < 4.78 is 0. The molecule has 1 rings (SSSR count). The van der Waals surface area contributed by atoms with Gasteiger partial charge in [-0.2, -0.15) is 0 Å². The Morgan fingerprint density at radius 3 is 1.97 bits per heavy atom. The highest BCUT2D eigenvalue weighted by Gasteiger charge is 2.38. The van der Waals surface area contributed by atoms with E-state index >= 15 is 0 Å². The molecule has 0 spiro atoms. The highest BCUT2D eigenvalue weighted by atomic mass is 16.4. The monoisotopic (exact) mass is 488 g/mol. The number of amides is 3. The fraction of sp³-hybridized carbons (Fsp3) is 0.632. The van der Waals surface area contributed by atoms with Crippen LogP contribution in [0.15, 0.2) is 0 Å². The minimum Gasteiger partial charge on any atom is -0.481 e. The number of aliphatic carboxylic acids is 4. The fourth-order valence-corrected chi connectivity index (χ4v) is 3.37. The molecule has 0 aromatic rings. The molecule has 0 radical (unpaired) electrons. The number of carboxylic acid groups (broad SMARTS) is 4. The molecular weight excluding hydrogens is 460 g/mol. The summed E-state index contributed by atoms with van der Waals surface area (Å²) in [4.78, 5) is 82.8. The molecule has 15 nitrogen and oxygen atoms in total. The molecule has 1 fully saturated rings. The number of nitrogens with zero attached hydrogens (tertiary/aromatic N) is 1. The third kappa shape index (κ3) is 9.01. The van der Waals surface area contributed by atoms with Crippen molar-refractivity contribution in [1.29, 1.82) is 0 Å². The van der Waals surface area contributed by atoms with E-state index in [-0.39, 0.29) is 25.8 Å². The molecule has 0 saturated carbocycles. The van der Waals surface area contributed by atoms with Crippen LogP contribution in [0.25, 0.3) is 0 Å². The van der Waals surface area contributed by atoms with E-state index in [9.17, 15) is 33.6 Å². The van der Waals surface area contributed by atoms with E-state index in [4.69, 9.17) is 26.2 Å². The van der Waals surface area contributed by atoms with Crippen LogP contribution in [0, 0.1) is 0 Å². The van der Waals surface area contributed by atoms with Gasteiger partial charge in [-0.05, 0) is 25.7 Å². The first-order chi connectivity index (χ1) is 15.8. The maximum Gasteiger partial charge on any atom is 0.326 e. The lowest BCUT2D eigenvalue weighted by Crippen LogP contribution is -2.56. The van der Waals surface area contributed by atoms with Crippen molar-refractivity contribution in [3.63, 3.8) is 0 Å². The number of likely N-dealkylation sites (tertiary alicyclic amines) is 1. The van der Waals surface area contributed by atoms with Crippen LogP contribution in [0.1, 0.15) is 44.9 Å². The van der Waals surface area contributed by atoms with Crippen molar-refractivity contribution in [2.45, 2.75) is 69.1 Å². The molecule has 15 heteroatoms. The lowest BCUT2D eigenvalue weighted by molar-refractivity contribution is -0.147. The molecule has 1 heterocycles. The summed E-state index contributed by atoms with van der Waals surface area (Å²) in [7, 11) is 0. The SMILES string of the molecule is NC(CCC(=O)O)C(=O)N1CCCC1C(=O)NC(CCC(=O)O)C(=O)NC(CC(=O)O)C(=O)O. The maximum atomic E-state index is 12.8. The molecule has 1 saturated heterocycles. The van der Waals surface area contributed by atoms with E-state index < -0.39 is 85.0 Å². The number of nitrogens with one attached hydrogen (secondary N) is 2. The first-order valence-electron chi connectivity index (χ1n) is 10.4.